The first-order valence-electron chi connectivity index (χ1n) is 4.40. The summed E-state index contributed by atoms with van der Waals surface area (Å²) < 4.78 is 25.5. The van der Waals surface area contributed by atoms with Gasteiger partial charge >= 0.3 is 0 Å². The predicted octanol–water partition coefficient (Wildman–Crippen LogP) is 2.59. The highest BCUT2D eigenvalue weighted by atomic mass is 32.2. The zero-order valence-electron chi connectivity index (χ0n) is 10.1. The van der Waals surface area contributed by atoms with Crippen molar-refractivity contribution in [2.45, 2.75) is 33.2 Å². The van der Waals surface area contributed by atoms with E-state index in [1.165, 1.54) is 0 Å². The summed E-state index contributed by atoms with van der Waals surface area (Å²) in [5.41, 5.74) is -0.0335. The molecule has 0 fully saturated rings. The first-order chi connectivity index (χ1) is 6.56. The van der Waals surface area contributed by atoms with Crippen molar-refractivity contribution in [1.82, 2.24) is 4.72 Å². The van der Waals surface area contributed by atoms with Gasteiger partial charge < -0.3 is 0 Å². The summed E-state index contributed by atoms with van der Waals surface area (Å²) in [6, 6.07) is 0. The molecule has 0 unspecified atom stereocenters. The maximum Gasteiger partial charge on any atom is 0.240 e. The zero-order valence-corrected chi connectivity index (χ0v) is 11.8. The molecule has 0 aliphatic rings. The lowest BCUT2D eigenvalue weighted by Crippen LogP contribution is -2.41. The normalized spacial score (nSPS) is 11.3. The third kappa shape index (κ3) is 7.64. The Labute approximate surface area is 101 Å². The third-order valence-corrected chi connectivity index (χ3v) is 3.12. The average molecular weight is 253 g/mol. The van der Waals surface area contributed by atoms with Gasteiger partial charge in [-0.15, -0.1) is 0 Å². The Morgan fingerprint density at radius 1 is 1.27 bits per heavy atom. The minimum atomic E-state index is -3.46. The van der Waals surface area contributed by atoms with Crippen molar-refractivity contribution in [3.05, 3.63) is 23.6 Å². The molecular formula is C10H23NO2S2. The SMILES string of the molecule is C=C(C)C(=C)S(=O)(=O)NC(C)(C)C.CS.[HH]. The first-order valence-corrected chi connectivity index (χ1v) is 6.77. The molecule has 3 nitrogen and oxygen atoms in total. The smallest absolute Gasteiger partial charge is 0.207 e. The van der Waals surface area contributed by atoms with Gasteiger partial charge in [-0.05, 0) is 39.5 Å². The maximum absolute atomic E-state index is 11.5. The van der Waals surface area contributed by atoms with Gasteiger partial charge in [0, 0.05) is 6.97 Å². The van der Waals surface area contributed by atoms with Gasteiger partial charge in [-0.1, -0.05) is 13.2 Å². The van der Waals surface area contributed by atoms with Crippen LogP contribution in [0.1, 0.15) is 29.1 Å². The second kappa shape index (κ2) is 6.35. The summed E-state index contributed by atoms with van der Waals surface area (Å²) in [5.74, 6) is 0. The molecule has 0 rings (SSSR count). The van der Waals surface area contributed by atoms with E-state index in [9.17, 15) is 8.42 Å². The molecule has 0 atom stereocenters. The third-order valence-electron chi connectivity index (χ3n) is 1.24. The number of rotatable bonds is 3. The van der Waals surface area contributed by atoms with Gasteiger partial charge in [0.25, 0.3) is 0 Å². The van der Waals surface area contributed by atoms with Crippen molar-refractivity contribution in [3.63, 3.8) is 0 Å². The Kier molecular flexibility index (Phi) is 7.26. The van der Waals surface area contributed by atoms with Crippen LogP contribution >= 0.6 is 12.6 Å². The van der Waals surface area contributed by atoms with Gasteiger partial charge in [0.1, 0.15) is 0 Å². The Morgan fingerprint density at radius 2 is 1.60 bits per heavy atom. The Bertz CT molecular complexity index is 329. The lowest BCUT2D eigenvalue weighted by atomic mass is 10.1. The molecule has 0 spiro atoms. The minimum absolute atomic E-state index is 0. The summed E-state index contributed by atoms with van der Waals surface area (Å²) in [5, 5.41) is 0. The molecule has 0 aromatic heterocycles. The molecule has 1 N–H and O–H groups in total. The lowest BCUT2D eigenvalue weighted by molar-refractivity contribution is 0.495. The molecule has 0 aliphatic heterocycles. The van der Waals surface area contributed by atoms with Crippen LogP contribution < -0.4 is 4.72 Å². The van der Waals surface area contributed by atoms with Crippen molar-refractivity contribution < 1.29 is 9.84 Å². The van der Waals surface area contributed by atoms with E-state index in [0.29, 0.717) is 5.57 Å². The van der Waals surface area contributed by atoms with E-state index in [2.05, 4.69) is 30.5 Å². The molecule has 0 saturated carbocycles. The summed E-state index contributed by atoms with van der Waals surface area (Å²) in [6.45, 7) is 13.9. The standard InChI is InChI=1S/C9H17NO2S.CH4S.H2/c1-7(2)8(3)13(11,12)10-9(4,5)6;1-2;/h10H,1,3H2,2,4-6H3;2H,1H3;1H. The van der Waals surface area contributed by atoms with E-state index in [-0.39, 0.29) is 6.33 Å². The molecule has 0 saturated heterocycles. The van der Waals surface area contributed by atoms with E-state index in [0.717, 1.165) is 0 Å². The largest absolute Gasteiger partial charge is 0.240 e. The quantitative estimate of drug-likeness (QED) is 0.600. The predicted molar refractivity (Wildman–Crippen MR) is 72.8 cm³/mol. The van der Waals surface area contributed by atoms with Gasteiger partial charge in [-0.25, -0.2) is 13.1 Å². The number of hydrogen-bond acceptors (Lipinski definition) is 3. The average Bonchev–Trinajstić information content (AvgIpc) is 2.02. The van der Waals surface area contributed by atoms with Crippen LogP contribution in [0.15, 0.2) is 23.6 Å². The molecule has 0 aliphatic carbocycles. The van der Waals surface area contributed by atoms with Gasteiger partial charge in [0.05, 0.1) is 4.91 Å². The van der Waals surface area contributed by atoms with Crippen molar-refractivity contribution in [2.75, 3.05) is 6.26 Å². The van der Waals surface area contributed by atoms with Crippen LogP contribution in [-0.2, 0) is 10.0 Å². The van der Waals surface area contributed by atoms with E-state index < -0.39 is 15.6 Å². The fraction of sp³-hybridized carbons (Fsp3) is 0.600. The summed E-state index contributed by atoms with van der Waals surface area (Å²) in [6.07, 6.45) is 1.69. The van der Waals surface area contributed by atoms with Gasteiger partial charge in [0.15, 0.2) is 0 Å². The number of thiol groups is 1. The maximum atomic E-state index is 11.5. The molecule has 0 radical (unpaired) electrons. The van der Waals surface area contributed by atoms with Crippen LogP contribution in [0.2, 0.25) is 0 Å². The summed E-state index contributed by atoms with van der Waals surface area (Å²) >= 11 is 3.53. The Balaban J connectivity index is -0.000000529. The highest BCUT2D eigenvalue weighted by Crippen LogP contribution is 2.14. The minimum Gasteiger partial charge on any atom is -0.207 e. The molecule has 0 bridgehead atoms. The fourth-order valence-electron chi connectivity index (χ4n) is 0.694. The van der Waals surface area contributed by atoms with Crippen molar-refractivity contribution in [1.29, 1.82) is 0 Å². The van der Waals surface area contributed by atoms with E-state index in [1.54, 1.807) is 34.0 Å². The Morgan fingerprint density at radius 3 is 1.80 bits per heavy atom. The van der Waals surface area contributed by atoms with Crippen LogP contribution in [0, 0.1) is 0 Å². The lowest BCUT2D eigenvalue weighted by Gasteiger charge is -2.21. The Hall–Kier alpha value is -0.260. The van der Waals surface area contributed by atoms with Crippen LogP contribution in [0.4, 0.5) is 0 Å². The monoisotopic (exact) mass is 253 g/mol. The second-order valence-corrected chi connectivity index (χ2v) is 5.76. The molecule has 15 heavy (non-hydrogen) atoms. The van der Waals surface area contributed by atoms with E-state index in [4.69, 9.17) is 0 Å². The number of allylic oxidation sites excluding steroid dienone is 1. The van der Waals surface area contributed by atoms with Gasteiger partial charge in [0.2, 0.25) is 10.0 Å². The number of sulfonamides is 1. The molecule has 92 valence electrons. The summed E-state index contributed by atoms with van der Waals surface area (Å²) in [4.78, 5) is 0.0439. The van der Waals surface area contributed by atoms with Crippen LogP contribution in [-0.4, -0.2) is 20.2 Å². The molecule has 0 amide bonds. The van der Waals surface area contributed by atoms with Crippen molar-refractivity contribution in [2.24, 2.45) is 0 Å². The van der Waals surface area contributed by atoms with Crippen LogP contribution in [0.3, 0.4) is 0 Å². The molecular weight excluding hydrogens is 230 g/mol. The van der Waals surface area contributed by atoms with Gasteiger partial charge in [-0.3, -0.25) is 0 Å². The number of nitrogens with one attached hydrogen (secondary N) is 1. The second-order valence-electron chi connectivity index (χ2n) is 4.06. The zero-order chi connectivity index (χ0) is 12.9. The van der Waals surface area contributed by atoms with Crippen LogP contribution in [0.5, 0.6) is 0 Å². The first kappa shape index (κ1) is 17.1. The molecule has 0 aromatic rings. The van der Waals surface area contributed by atoms with E-state index >= 15 is 0 Å². The van der Waals surface area contributed by atoms with Crippen molar-refractivity contribution in [3.8, 4) is 0 Å². The van der Waals surface area contributed by atoms with E-state index in [1.807, 2.05) is 0 Å². The molecule has 5 heteroatoms. The fourth-order valence-corrected chi connectivity index (χ4v) is 2.08. The highest BCUT2D eigenvalue weighted by molar-refractivity contribution is 7.93. The highest BCUT2D eigenvalue weighted by Gasteiger charge is 2.22. The molecule has 0 heterocycles. The number of hydrogen-bond donors (Lipinski definition) is 2. The van der Waals surface area contributed by atoms with Crippen molar-refractivity contribution >= 4 is 22.7 Å². The van der Waals surface area contributed by atoms with Gasteiger partial charge in [-0.2, -0.15) is 12.6 Å². The molecule has 0 aromatic carbocycles. The van der Waals surface area contributed by atoms with Crippen LogP contribution in [0.25, 0.3) is 0 Å². The summed E-state index contributed by atoms with van der Waals surface area (Å²) in [7, 11) is -3.46. The topological polar surface area (TPSA) is 46.2 Å².